The molecule has 4 rings (SSSR count). The van der Waals surface area contributed by atoms with Crippen LogP contribution in [-0.4, -0.2) is 21.2 Å². The van der Waals surface area contributed by atoms with Crippen molar-refractivity contribution in [3.8, 4) is 17.1 Å². The second-order valence-corrected chi connectivity index (χ2v) is 11.7. The molecule has 7 nitrogen and oxygen atoms in total. The van der Waals surface area contributed by atoms with Crippen LogP contribution in [0.5, 0.6) is 5.75 Å². The van der Waals surface area contributed by atoms with E-state index in [0.717, 1.165) is 48.1 Å². The molecule has 1 atom stereocenters. The van der Waals surface area contributed by atoms with E-state index in [0.29, 0.717) is 18.9 Å². The lowest BCUT2D eigenvalue weighted by molar-refractivity contribution is -0.137. The minimum atomic E-state index is -0.755. The third-order valence-electron chi connectivity index (χ3n) is 7.37. The highest BCUT2D eigenvalue weighted by molar-refractivity contribution is 5.66. The predicted octanol–water partition coefficient (Wildman–Crippen LogP) is 7.81. The Balaban J connectivity index is 1.40. The van der Waals surface area contributed by atoms with Crippen LogP contribution in [0.25, 0.3) is 17.5 Å². The number of aryl methyl sites for hydroxylation is 1. The van der Waals surface area contributed by atoms with Crippen molar-refractivity contribution >= 4 is 12.0 Å². The van der Waals surface area contributed by atoms with Crippen LogP contribution in [0.15, 0.2) is 88.2 Å². The molecule has 4 aromatic rings. The highest BCUT2D eigenvalue weighted by Crippen LogP contribution is 2.26. The summed E-state index contributed by atoms with van der Waals surface area (Å²) < 4.78 is 10.8. The molecule has 42 heavy (non-hydrogen) atoms. The predicted molar refractivity (Wildman–Crippen MR) is 165 cm³/mol. The van der Waals surface area contributed by atoms with Crippen LogP contribution in [0.4, 0.5) is 0 Å². The van der Waals surface area contributed by atoms with Crippen molar-refractivity contribution in [2.75, 3.05) is 0 Å². The number of aromatic amines is 1. The molecule has 0 spiro atoms. The molecule has 0 saturated carbocycles. The van der Waals surface area contributed by atoms with Crippen LogP contribution < -0.4 is 10.5 Å². The van der Waals surface area contributed by atoms with Crippen molar-refractivity contribution in [3.63, 3.8) is 0 Å². The average molecular weight is 569 g/mol. The molecule has 0 aliphatic heterocycles. The van der Waals surface area contributed by atoms with E-state index in [4.69, 9.17) is 9.84 Å². The second kappa shape index (κ2) is 14.5. The number of unbranched alkanes of at least 4 members (excludes halogenated alkanes) is 1. The van der Waals surface area contributed by atoms with Gasteiger partial charge in [0.25, 0.3) is 0 Å². The summed E-state index contributed by atoms with van der Waals surface area (Å²) in [5, 5.41) is 12.8. The fourth-order valence-electron chi connectivity index (χ4n) is 4.81. The molecular formula is C35H40N2O5. The van der Waals surface area contributed by atoms with E-state index in [1.807, 2.05) is 42.5 Å². The van der Waals surface area contributed by atoms with Crippen molar-refractivity contribution in [3.05, 3.63) is 112 Å². The highest BCUT2D eigenvalue weighted by atomic mass is 16.5. The van der Waals surface area contributed by atoms with E-state index in [1.165, 1.54) is 11.1 Å². The van der Waals surface area contributed by atoms with E-state index < -0.39 is 11.7 Å². The Morgan fingerprint density at radius 2 is 1.69 bits per heavy atom. The quantitative estimate of drug-likeness (QED) is 0.150. The number of carbonyl (C=O) groups is 1. The Hall–Kier alpha value is -4.39. The first kappa shape index (κ1) is 30.6. The Labute approximate surface area is 247 Å². The lowest BCUT2D eigenvalue weighted by Gasteiger charge is -2.19. The first-order valence-electron chi connectivity index (χ1n) is 14.5. The van der Waals surface area contributed by atoms with Gasteiger partial charge >= 0.3 is 11.7 Å². The van der Waals surface area contributed by atoms with E-state index in [9.17, 15) is 9.59 Å². The zero-order chi connectivity index (χ0) is 30.0. The summed E-state index contributed by atoms with van der Waals surface area (Å²) in [5.41, 5.74) is 5.52. The van der Waals surface area contributed by atoms with Crippen molar-refractivity contribution in [1.82, 2.24) is 10.1 Å². The summed E-state index contributed by atoms with van der Waals surface area (Å²) in [6, 6.07) is 24.5. The number of ether oxygens (including phenoxy) is 1. The molecule has 3 aromatic carbocycles. The Kier molecular flexibility index (Phi) is 10.5. The van der Waals surface area contributed by atoms with Crippen molar-refractivity contribution in [2.45, 2.75) is 71.3 Å². The van der Waals surface area contributed by atoms with Gasteiger partial charge in [-0.15, -0.1) is 0 Å². The number of carboxylic acids is 1. The van der Waals surface area contributed by atoms with Crippen molar-refractivity contribution < 1.29 is 19.2 Å². The first-order chi connectivity index (χ1) is 20.2. The molecule has 0 saturated heterocycles. The number of carboxylic acid groups (broad SMARTS) is 1. The molecule has 0 fully saturated rings. The topological polar surface area (TPSA) is 105 Å². The summed E-state index contributed by atoms with van der Waals surface area (Å²) in [4.78, 5) is 24.8. The van der Waals surface area contributed by atoms with Gasteiger partial charge in [0.1, 0.15) is 12.4 Å². The smallest absolute Gasteiger partial charge is 0.439 e. The number of nitrogens with zero attached hydrogens (tertiary/aromatic N) is 1. The molecule has 0 amide bonds. The highest BCUT2D eigenvalue weighted by Gasteiger charge is 2.13. The van der Waals surface area contributed by atoms with Gasteiger partial charge in [-0.05, 0) is 59.8 Å². The summed E-state index contributed by atoms with van der Waals surface area (Å²) in [5.74, 6) is 0.194. The maximum Gasteiger partial charge on any atom is 0.439 e. The van der Waals surface area contributed by atoms with Gasteiger partial charge in [-0.1, -0.05) is 111 Å². The van der Waals surface area contributed by atoms with Gasteiger partial charge in [-0.3, -0.25) is 14.3 Å². The molecule has 1 unspecified atom stereocenters. The number of benzene rings is 3. The van der Waals surface area contributed by atoms with Crippen LogP contribution in [0.1, 0.15) is 75.1 Å². The molecule has 0 radical (unpaired) electrons. The van der Waals surface area contributed by atoms with E-state index >= 15 is 0 Å². The van der Waals surface area contributed by atoms with Gasteiger partial charge in [0.05, 0.1) is 0 Å². The molecule has 0 bridgehead atoms. The van der Waals surface area contributed by atoms with Crippen LogP contribution in [-0.2, 0) is 23.2 Å². The Morgan fingerprint density at radius 1 is 0.976 bits per heavy atom. The number of rotatable bonds is 14. The monoisotopic (exact) mass is 568 g/mol. The van der Waals surface area contributed by atoms with Crippen LogP contribution in [0, 0.1) is 5.92 Å². The number of H-pyrrole nitrogens is 1. The number of nitrogens with one attached hydrogen (secondary N) is 1. The fraction of sp³-hybridized carbons (Fsp3) is 0.343. The molecular weight excluding hydrogens is 528 g/mol. The normalized spacial score (nSPS) is 12.5. The van der Waals surface area contributed by atoms with E-state index in [1.54, 1.807) is 0 Å². The standard InChI is InChI=1S/C35H40N2O5/c1-35(2,3)30-22-17-27(18-23-30)24-41-31-10-6-5-9-28(31)19-14-25(8-4-7-11-32(38)39)12-13-26-15-20-29(21-16-26)33-36-34(40)42-37-33/h5-6,9-10,14-23,25H,4,7-8,11-13,24H2,1-3H3,(H,38,39)(H,36,37,40)/b19-14+. The largest absolute Gasteiger partial charge is 0.488 e. The first-order valence-corrected chi connectivity index (χ1v) is 14.5. The van der Waals surface area contributed by atoms with Gasteiger partial charge in [-0.2, -0.15) is 0 Å². The minimum Gasteiger partial charge on any atom is -0.488 e. The Morgan fingerprint density at radius 3 is 2.36 bits per heavy atom. The van der Waals surface area contributed by atoms with Crippen LogP contribution in [0.3, 0.4) is 0 Å². The zero-order valence-electron chi connectivity index (χ0n) is 24.6. The summed E-state index contributed by atoms with van der Waals surface area (Å²) >= 11 is 0. The molecule has 1 heterocycles. The number of allylic oxidation sites excluding steroid dienone is 1. The van der Waals surface area contributed by atoms with Crippen molar-refractivity contribution in [2.24, 2.45) is 5.92 Å². The molecule has 0 aliphatic carbocycles. The van der Waals surface area contributed by atoms with Gasteiger partial charge in [0.2, 0.25) is 0 Å². The summed E-state index contributed by atoms with van der Waals surface area (Å²) in [7, 11) is 0. The number of para-hydroxylation sites is 1. The van der Waals surface area contributed by atoms with Gasteiger partial charge < -0.3 is 9.84 Å². The molecule has 1 aromatic heterocycles. The SMILES string of the molecule is CC(C)(C)c1ccc(COc2ccccc2/C=C/C(CCCCC(=O)O)CCc2ccc(-c3noc(=O)[nH]3)cc2)cc1. The minimum absolute atomic E-state index is 0.115. The third-order valence-corrected chi connectivity index (χ3v) is 7.37. The van der Waals surface area contributed by atoms with E-state index in [-0.39, 0.29) is 17.8 Å². The van der Waals surface area contributed by atoms with Gasteiger partial charge in [-0.25, -0.2) is 4.79 Å². The second-order valence-electron chi connectivity index (χ2n) is 11.7. The lowest BCUT2D eigenvalue weighted by Crippen LogP contribution is -2.10. The average Bonchev–Trinajstić information content (AvgIpc) is 3.41. The van der Waals surface area contributed by atoms with Crippen LogP contribution in [0.2, 0.25) is 0 Å². The molecule has 7 heteroatoms. The molecule has 220 valence electrons. The molecule has 2 N–H and O–H groups in total. The number of hydrogen-bond acceptors (Lipinski definition) is 5. The number of aliphatic carboxylic acids is 1. The summed E-state index contributed by atoms with van der Waals surface area (Å²) in [6.45, 7) is 7.12. The maximum absolute atomic E-state index is 11.2. The Bertz CT molecular complexity index is 1510. The number of hydrogen-bond donors (Lipinski definition) is 2. The fourth-order valence-corrected chi connectivity index (χ4v) is 4.81. The maximum atomic E-state index is 11.2. The number of aromatic nitrogens is 2. The van der Waals surface area contributed by atoms with Crippen molar-refractivity contribution in [1.29, 1.82) is 0 Å². The van der Waals surface area contributed by atoms with Crippen LogP contribution >= 0.6 is 0 Å². The van der Waals surface area contributed by atoms with Gasteiger partial charge in [0, 0.05) is 17.5 Å². The summed E-state index contributed by atoms with van der Waals surface area (Å²) in [6.07, 6.45) is 8.76. The lowest BCUT2D eigenvalue weighted by atomic mass is 9.87. The molecule has 0 aliphatic rings. The van der Waals surface area contributed by atoms with Gasteiger partial charge in [0.15, 0.2) is 5.82 Å². The van der Waals surface area contributed by atoms with E-state index in [2.05, 4.69) is 77.9 Å². The third kappa shape index (κ3) is 9.33. The zero-order valence-corrected chi connectivity index (χ0v) is 24.6.